The van der Waals surface area contributed by atoms with Gasteiger partial charge in [-0.3, -0.25) is 0 Å². The third-order valence-corrected chi connectivity index (χ3v) is 7.74. The number of carbonyl (C=O) groups is 1. The van der Waals surface area contributed by atoms with E-state index < -0.39 is 10.0 Å². The summed E-state index contributed by atoms with van der Waals surface area (Å²) in [6, 6.07) is 11.5. The van der Waals surface area contributed by atoms with Gasteiger partial charge in [0.2, 0.25) is 10.0 Å². The van der Waals surface area contributed by atoms with Gasteiger partial charge in [-0.15, -0.1) is 0 Å². The fraction of sp³-hybridized carbons (Fsp3) is 0.409. The second-order valence-electron chi connectivity index (χ2n) is 7.90. The van der Waals surface area contributed by atoms with Crippen LogP contribution in [0.3, 0.4) is 0 Å². The quantitative estimate of drug-likeness (QED) is 0.737. The topological polar surface area (TPSA) is 110 Å². The molecule has 0 unspecified atom stereocenters. The first-order valence-corrected chi connectivity index (χ1v) is 12.1. The molecule has 0 aliphatic carbocycles. The predicted molar refractivity (Wildman–Crippen MR) is 119 cm³/mol. The van der Waals surface area contributed by atoms with Crippen molar-refractivity contribution in [3.63, 3.8) is 0 Å². The Morgan fingerprint density at radius 3 is 2.38 bits per heavy atom. The summed E-state index contributed by atoms with van der Waals surface area (Å²) in [6.07, 6.45) is 4.12. The van der Waals surface area contributed by atoms with Crippen LogP contribution in [0.1, 0.15) is 24.0 Å². The molecular formula is C22H26N6O3S. The number of rotatable bonds is 5. The second-order valence-corrected chi connectivity index (χ2v) is 9.84. The van der Waals surface area contributed by atoms with E-state index in [2.05, 4.69) is 15.2 Å². The molecule has 2 fully saturated rings. The van der Waals surface area contributed by atoms with E-state index in [-0.39, 0.29) is 24.0 Å². The maximum absolute atomic E-state index is 12.8. The molecular weight excluding hydrogens is 428 g/mol. The Morgan fingerprint density at radius 1 is 1.03 bits per heavy atom. The minimum absolute atomic E-state index is 0.154. The molecule has 168 valence electrons. The van der Waals surface area contributed by atoms with E-state index >= 15 is 0 Å². The van der Waals surface area contributed by atoms with Crippen LogP contribution in [-0.2, 0) is 16.6 Å². The van der Waals surface area contributed by atoms with E-state index in [1.54, 1.807) is 11.1 Å². The molecule has 2 amide bonds. The molecule has 9 nitrogen and oxygen atoms in total. The number of piperazine rings is 1. The lowest BCUT2D eigenvalue weighted by Crippen LogP contribution is -2.52. The van der Waals surface area contributed by atoms with E-state index in [9.17, 15) is 13.2 Å². The van der Waals surface area contributed by atoms with Gasteiger partial charge in [0.05, 0.1) is 16.5 Å². The SMILES string of the molecule is N#Cc1ccc(S(=O)(=O)N2CCN(C(=O)NCc3ccnc(N4CCCC4)c3)CC2)cc1. The van der Waals surface area contributed by atoms with E-state index in [1.165, 1.54) is 41.4 Å². The number of carbonyl (C=O) groups excluding carboxylic acids is 1. The summed E-state index contributed by atoms with van der Waals surface area (Å²) < 4.78 is 27.0. The Balaban J connectivity index is 1.30. The fourth-order valence-corrected chi connectivity index (χ4v) is 5.38. The van der Waals surface area contributed by atoms with E-state index in [0.717, 1.165) is 24.5 Å². The molecule has 1 aromatic heterocycles. The summed E-state index contributed by atoms with van der Waals surface area (Å²) in [5.41, 5.74) is 1.39. The fourth-order valence-electron chi connectivity index (χ4n) is 3.96. The number of anilines is 1. The molecule has 0 radical (unpaired) electrons. The van der Waals surface area contributed by atoms with Crippen molar-refractivity contribution in [2.24, 2.45) is 0 Å². The number of amides is 2. The molecule has 2 aromatic rings. The number of nitriles is 1. The van der Waals surface area contributed by atoms with Gasteiger partial charge in [0.15, 0.2) is 0 Å². The smallest absolute Gasteiger partial charge is 0.317 e. The lowest BCUT2D eigenvalue weighted by Gasteiger charge is -2.34. The van der Waals surface area contributed by atoms with Crippen molar-refractivity contribution < 1.29 is 13.2 Å². The van der Waals surface area contributed by atoms with Crippen LogP contribution in [0.5, 0.6) is 0 Å². The van der Waals surface area contributed by atoms with Gasteiger partial charge in [0.25, 0.3) is 0 Å². The third-order valence-electron chi connectivity index (χ3n) is 5.83. The maximum atomic E-state index is 12.8. The minimum Gasteiger partial charge on any atom is -0.357 e. The summed E-state index contributed by atoms with van der Waals surface area (Å²) >= 11 is 0. The van der Waals surface area contributed by atoms with Gasteiger partial charge in [-0.2, -0.15) is 9.57 Å². The Morgan fingerprint density at radius 2 is 1.72 bits per heavy atom. The van der Waals surface area contributed by atoms with E-state index in [0.29, 0.717) is 25.2 Å². The number of nitrogens with one attached hydrogen (secondary N) is 1. The van der Waals surface area contributed by atoms with Crippen LogP contribution in [-0.4, -0.2) is 67.9 Å². The van der Waals surface area contributed by atoms with E-state index in [4.69, 9.17) is 5.26 Å². The Labute approximate surface area is 188 Å². The number of hydrogen-bond donors (Lipinski definition) is 1. The highest BCUT2D eigenvalue weighted by Crippen LogP contribution is 2.20. The van der Waals surface area contributed by atoms with Crippen LogP contribution >= 0.6 is 0 Å². The van der Waals surface area contributed by atoms with Gasteiger partial charge in [0.1, 0.15) is 5.82 Å². The Kier molecular flexibility index (Phi) is 6.58. The van der Waals surface area contributed by atoms with Crippen molar-refractivity contribution in [3.8, 4) is 6.07 Å². The van der Waals surface area contributed by atoms with Crippen molar-refractivity contribution >= 4 is 21.9 Å². The molecule has 2 aliphatic rings. The molecule has 10 heteroatoms. The molecule has 1 N–H and O–H groups in total. The van der Waals surface area contributed by atoms with Crippen molar-refractivity contribution in [2.45, 2.75) is 24.3 Å². The van der Waals surface area contributed by atoms with Gasteiger partial charge in [-0.05, 0) is 54.8 Å². The second kappa shape index (κ2) is 9.54. The molecule has 0 spiro atoms. The predicted octanol–water partition coefficient (Wildman–Crippen LogP) is 1.77. The van der Waals surface area contributed by atoms with Crippen LogP contribution in [0, 0.1) is 11.3 Å². The number of sulfonamides is 1. The van der Waals surface area contributed by atoms with Gasteiger partial charge < -0.3 is 15.1 Å². The highest BCUT2D eigenvalue weighted by molar-refractivity contribution is 7.89. The van der Waals surface area contributed by atoms with Crippen molar-refractivity contribution in [1.82, 2.24) is 19.5 Å². The standard InChI is InChI=1S/C22H26N6O3S/c23-16-18-3-5-20(6-4-18)32(30,31)28-13-11-27(12-14-28)22(29)25-17-19-7-8-24-21(15-19)26-9-1-2-10-26/h3-8,15H,1-2,9-14,17H2,(H,25,29). The zero-order valence-corrected chi connectivity index (χ0v) is 18.6. The molecule has 3 heterocycles. The molecule has 4 rings (SSSR count). The van der Waals surface area contributed by atoms with Gasteiger partial charge in [-0.1, -0.05) is 0 Å². The Bertz CT molecular complexity index is 1100. The van der Waals surface area contributed by atoms with Crippen LogP contribution in [0.15, 0.2) is 47.5 Å². The molecule has 2 saturated heterocycles. The number of aromatic nitrogens is 1. The average Bonchev–Trinajstić information content (AvgIpc) is 3.38. The van der Waals surface area contributed by atoms with E-state index in [1.807, 2.05) is 18.2 Å². The first-order valence-electron chi connectivity index (χ1n) is 10.7. The molecule has 1 aromatic carbocycles. The molecule has 0 atom stereocenters. The highest BCUT2D eigenvalue weighted by atomic mass is 32.2. The molecule has 32 heavy (non-hydrogen) atoms. The van der Waals surface area contributed by atoms with Gasteiger partial charge >= 0.3 is 6.03 Å². The van der Waals surface area contributed by atoms with Crippen LogP contribution < -0.4 is 10.2 Å². The largest absolute Gasteiger partial charge is 0.357 e. The molecule has 0 bridgehead atoms. The third kappa shape index (κ3) is 4.84. The number of pyridine rings is 1. The molecule has 2 aliphatic heterocycles. The number of benzene rings is 1. The monoisotopic (exact) mass is 454 g/mol. The van der Waals surface area contributed by atoms with Crippen molar-refractivity contribution in [2.75, 3.05) is 44.2 Å². The first kappa shape index (κ1) is 22.0. The van der Waals surface area contributed by atoms with Crippen molar-refractivity contribution in [3.05, 3.63) is 53.7 Å². The van der Waals surface area contributed by atoms with Crippen LogP contribution in [0.2, 0.25) is 0 Å². The molecule has 0 saturated carbocycles. The lowest BCUT2D eigenvalue weighted by atomic mass is 10.2. The van der Waals surface area contributed by atoms with Gasteiger partial charge in [-0.25, -0.2) is 18.2 Å². The number of urea groups is 1. The normalized spacial score (nSPS) is 17.2. The Hall–Kier alpha value is -3.16. The average molecular weight is 455 g/mol. The summed E-state index contributed by atoms with van der Waals surface area (Å²) in [7, 11) is -3.65. The van der Waals surface area contributed by atoms with Gasteiger partial charge in [0, 0.05) is 52.0 Å². The zero-order chi connectivity index (χ0) is 22.6. The zero-order valence-electron chi connectivity index (χ0n) is 17.8. The summed E-state index contributed by atoms with van der Waals surface area (Å²) in [5, 5.41) is 11.8. The number of hydrogen-bond acceptors (Lipinski definition) is 6. The summed E-state index contributed by atoms with van der Waals surface area (Å²) in [4.78, 5) is 21.1. The lowest BCUT2D eigenvalue weighted by molar-refractivity contribution is 0.172. The summed E-state index contributed by atoms with van der Waals surface area (Å²) in [5.74, 6) is 0.941. The number of nitrogens with zero attached hydrogens (tertiary/aromatic N) is 5. The first-order chi connectivity index (χ1) is 15.5. The highest BCUT2D eigenvalue weighted by Gasteiger charge is 2.30. The van der Waals surface area contributed by atoms with Crippen LogP contribution in [0.4, 0.5) is 10.6 Å². The van der Waals surface area contributed by atoms with Crippen molar-refractivity contribution in [1.29, 1.82) is 5.26 Å². The maximum Gasteiger partial charge on any atom is 0.317 e. The van der Waals surface area contributed by atoms with Crippen LogP contribution in [0.25, 0.3) is 0 Å². The minimum atomic E-state index is -3.65. The summed E-state index contributed by atoms with van der Waals surface area (Å²) in [6.45, 7) is 3.50.